The van der Waals surface area contributed by atoms with Crippen LogP contribution in [0.3, 0.4) is 0 Å². The molecule has 0 aromatic carbocycles. The van der Waals surface area contributed by atoms with Crippen molar-refractivity contribution in [1.82, 2.24) is 20.5 Å². The van der Waals surface area contributed by atoms with Gasteiger partial charge in [-0.2, -0.15) is 0 Å². The van der Waals surface area contributed by atoms with Crippen LogP contribution in [-0.4, -0.2) is 42.0 Å². The standard InChI is InChI=1S/C22H30N4OS/c1-2-16-5-6-18(24-11-16)13-26-9-7-19-20(15-28-21(19)14-26)22(27)25-12-17-4-3-8-23-10-17/h5-6,11,15,17,23H,2-4,7-10,12-14H2,1H3,(H,25,27). The second-order valence-electron chi connectivity index (χ2n) is 7.95. The molecule has 5 nitrogen and oxygen atoms in total. The highest BCUT2D eigenvalue weighted by Crippen LogP contribution is 2.29. The van der Waals surface area contributed by atoms with Gasteiger partial charge in [0.2, 0.25) is 0 Å². The van der Waals surface area contributed by atoms with E-state index in [1.54, 1.807) is 11.3 Å². The summed E-state index contributed by atoms with van der Waals surface area (Å²) in [6.45, 7) is 7.82. The molecule has 6 heteroatoms. The van der Waals surface area contributed by atoms with Crippen molar-refractivity contribution in [3.05, 3.63) is 51.0 Å². The van der Waals surface area contributed by atoms with Crippen LogP contribution in [0.5, 0.6) is 0 Å². The fraction of sp³-hybridized carbons (Fsp3) is 0.545. The number of amides is 1. The first-order chi connectivity index (χ1) is 13.7. The van der Waals surface area contributed by atoms with Crippen LogP contribution in [0, 0.1) is 5.92 Å². The molecule has 1 amide bonds. The van der Waals surface area contributed by atoms with E-state index < -0.39 is 0 Å². The van der Waals surface area contributed by atoms with Gasteiger partial charge in [0.15, 0.2) is 0 Å². The van der Waals surface area contributed by atoms with Gasteiger partial charge >= 0.3 is 0 Å². The molecule has 1 atom stereocenters. The topological polar surface area (TPSA) is 57.3 Å². The fourth-order valence-electron chi connectivity index (χ4n) is 4.12. The second-order valence-corrected chi connectivity index (χ2v) is 8.91. The van der Waals surface area contributed by atoms with E-state index in [2.05, 4.69) is 45.0 Å². The predicted molar refractivity (Wildman–Crippen MR) is 114 cm³/mol. The van der Waals surface area contributed by atoms with Crippen molar-refractivity contribution < 1.29 is 4.79 Å². The van der Waals surface area contributed by atoms with Crippen molar-refractivity contribution in [2.45, 2.75) is 45.7 Å². The van der Waals surface area contributed by atoms with E-state index in [1.807, 2.05) is 6.20 Å². The van der Waals surface area contributed by atoms with E-state index in [0.717, 1.165) is 63.4 Å². The first-order valence-corrected chi connectivity index (χ1v) is 11.3. The molecule has 1 saturated heterocycles. The van der Waals surface area contributed by atoms with Crippen LogP contribution in [0.1, 0.15) is 51.8 Å². The Bertz CT molecular complexity index is 795. The summed E-state index contributed by atoms with van der Waals surface area (Å²) in [5.41, 5.74) is 4.56. The molecule has 0 saturated carbocycles. The van der Waals surface area contributed by atoms with Crippen molar-refractivity contribution >= 4 is 17.2 Å². The molecule has 2 N–H and O–H groups in total. The maximum atomic E-state index is 12.7. The van der Waals surface area contributed by atoms with Gasteiger partial charge in [-0.25, -0.2) is 0 Å². The summed E-state index contributed by atoms with van der Waals surface area (Å²) in [6, 6.07) is 4.31. The number of aryl methyl sites for hydroxylation is 1. The molecular weight excluding hydrogens is 368 g/mol. The second kappa shape index (κ2) is 9.16. The summed E-state index contributed by atoms with van der Waals surface area (Å²) in [5, 5.41) is 8.64. The van der Waals surface area contributed by atoms with Crippen molar-refractivity contribution in [1.29, 1.82) is 0 Å². The molecule has 4 heterocycles. The molecule has 2 aromatic heterocycles. The smallest absolute Gasteiger partial charge is 0.252 e. The number of carbonyl (C=O) groups is 1. The Morgan fingerprint density at radius 3 is 3.11 bits per heavy atom. The predicted octanol–water partition coefficient (Wildman–Crippen LogP) is 2.99. The van der Waals surface area contributed by atoms with Crippen LogP contribution in [0.4, 0.5) is 0 Å². The maximum Gasteiger partial charge on any atom is 0.252 e. The number of nitrogens with zero attached hydrogens (tertiary/aromatic N) is 2. The third-order valence-electron chi connectivity index (χ3n) is 5.90. The molecule has 0 spiro atoms. The van der Waals surface area contributed by atoms with E-state index in [9.17, 15) is 4.79 Å². The zero-order valence-electron chi connectivity index (χ0n) is 16.7. The minimum atomic E-state index is 0.105. The highest BCUT2D eigenvalue weighted by molar-refractivity contribution is 7.10. The molecule has 0 radical (unpaired) electrons. The zero-order valence-corrected chi connectivity index (χ0v) is 17.5. The van der Waals surface area contributed by atoms with Gasteiger partial charge < -0.3 is 10.6 Å². The lowest BCUT2D eigenvalue weighted by Crippen LogP contribution is -2.38. The lowest BCUT2D eigenvalue weighted by atomic mass is 9.99. The lowest BCUT2D eigenvalue weighted by Gasteiger charge is -2.27. The third kappa shape index (κ3) is 4.62. The Hall–Kier alpha value is -1.76. The summed E-state index contributed by atoms with van der Waals surface area (Å²) < 4.78 is 0. The molecule has 1 unspecified atom stereocenters. The maximum absolute atomic E-state index is 12.7. The average Bonchev–Trinajstić information content (AvgIpc) is 3.17. The molecule has 4 rings (SSSR count). The van der Waals surface area contributed by atoms with Gasteiger partial charge in [0.05, 0.1) is 11.3 Å². The summed E-state index contributed by atoms with van der Waals surface area (Å²) in [7, 11) is 0. The molecule has 0 bridgehead atoms. The molecule has 2 aliphatic heterocycles. The number of hydrogen-bond acceptors (Lipinski definition) is 5. The van der Waals surface area contributed by atoms with E-state index in [1.165, 1.54) is 28.8 Å². The number of thiophene rings is 1. The number of fused-ring (bicyclic) bond motifs is 1. The van der Waals surface area contributed by atoms with Gasteiger partial charge in [0.1, 0.15) is 0 Å². The number of pyridine rings is 1. The van der Waals surface area contributed by atoms with Gasteiger partial charge in [-0.05, 0) is 61.9 Å². The van der Waals surface area contributed by atoms with Gasteiger partial charge in [0.25, 0.3) is 5.91 Å². The summed E-state index contributed by atoms with van der Waals surface area (Å²) in [4.78, 5) is 21.1. The SMILES string of the molecule is CCc1ccc(CN2CCc3c(C(=O)NCC4CCCNC4)csc3C2)nc1. The lowest BCUT2D eigenvalue weighted by molar-refractivity contribution is 0.0943. The summed E-state index contributed by atoms with van der Waals surface area (Å²) in [5.74, 6) is 0.669. The zero-order chi connectivity index (χ0) is 19.3. The minimum absolute atomic E-state index is 0.105. The number of piperidine rings is 1. The quantitative estimate of drug-likeness (QED) is 0.785. The highest BCUT2D eigenvalue weighted by Gasteiger charge is 2.24. The van der Waals surface area contributed by atoms with Crippen molar-refractivity contribution in [2.24, 2.45) is 5.92 Å². The number of aromatic nitrogens is 1. The number of hydrogen-bond donors (Lipinski definition) is 2. The van der Waals surface area contributed by atoms with Crippen LogP contribution in [-0.2, 0) is 25.9 Å². The Morgan fingerprint density at radius 1 is 1.43 bits per heavy atom. The van der Waals surface area contributed by atoms with Crippen LogP contribution in [0.2, 0.25) is 0 Å². The largest absolute Gasteiger partial charge is 0.352 e. The molecular formula is C22H30N4OS. The number of nitrogens with one attached hydrogen (secondary N) is 2. The minimum Gasteiger partial charge on any atom is -0.352 e. The van der Waals surface area contributed by atoms with E-state index in [0.29, 0.717) is 5.92 Å². The van der Waals surface area contributed by atoms with Gasteiger partial charge in [0, 0.05) is 42.6 Å². The molecule has 2 aliphatic rings. The Kier molecular flexibility index (Phi) is 6.40. The van der Waals surface area contributed by atoms with Crippen molar-refractivity contribution in [3.8, 4) is 0 Å². The summed E-state index contributed by atoms with van der Waals surface area (Å²) in [6.07, 6.45) is 6.37. The molecule has 1 fully saturated rings. The van der Waals surface area contributed by atoms with Gasteiger partial charge in [-0.3, -0.25) is 14.7 Å². The number of carbonyl (C=O) groups excluding carboxylic acids is 1. The van der Waals surface area contributed by atoms with E-state index >= 15 is 0 Å². The normalized spacial score (nSPS) is 20.0. The van der Waals surface area contributed by atoms with Crippen LogP contribution in [0.15, 0.2) is 23.7 Å². The molecule has 28 heavy (non-hydrogen) atoms. The van der Waals surface area contributed by atoms with Gasteiger partial charge in [-0.1, -0.05) is 13.0 Å². The number of rotatable bonds is 6. The summed E-state index contributed by atoms with van der Waals surface area (Å²) >= 11 is 1.73. The van der Waals surface area contributed by atoms with Crippen LogP contribution in [0.25, 0.3) is 0 Å². The third-order valence-corrected chi connectivity index (χ3v) is 6.91. The van der Waals surface area contributed by atoms with E-state index in [-0.39, 0.29) is 5.91 Å². The Labute approximate surface area is 171 Å². The van der Waals surface area contributed by atoms with Crippen LogP contribution < -0.4 is 10.6 Å². The van der Waals surface area contributed by atoms with Gasteiger partial charge in [-0.15, -0.1) is 11.3 Å². The van der Waals surface area contributed by atoms with Crippen LogP contribution >= 0.6 is 11.3 Å². The Balaban J connectivity index is 1.33. The first kappa shape index (κ1) is 19.6. The monoisotopic (exact) mass is 398 g/mol. The van der Waals surface area contributed by atoms with Crippen molar-refractivity contribution in [2.75, 3.05) is 26.2 Å². The fourth-order valence-corrected chi connectivity index (χ4v) is 5.25. The highest BCUT2D eigenvalue weighted by atomic mass is 32.1. The van der Waals surface area contributed by atoms with E-state index in [4.69, 9.17) is 0 Å². The molecule has 2 aromatic rings. The first-order valence-electron chi connectivity index (χ1n) is 10.5. The Morgan fingerprint density at radius 2 is 2.36 bits per heavy atom. The van der Waals surface area contributed by atoms with Crippen molar-refractivity contribution in [3.63, 3.8) is 0 Å². The molecule has 0 aliphatic carbocycles. The average molecular weight is 399 g/mol. The molecule has 150 valence electrons.